The minimum Gasteiger partial charge on any atom is -0.462 e. The third-order valence-corrected chi connectivity index (χ3v) is 17.2. The van der Waals surface area contributed by atoms with Crippen LogP contribution in [0.4, 0.5) is 0 Å². The molecule has 17 nitrogen and oxygen atoms in total. The topological polar surface area (TPSA) is 237 Å². The van der Waals surface area contributed by atoms with Gasteiger partial charge in [0.15, 0.2) is 12.2 Å². The molecule has 0 radical (unpaired) electrons. The molecule has 3 N–H and O–H groups in total. The first-order valence-corrected chi connectivity index (χ1v) is 39.8. The fourth-order valence-corrected chi connectivity index (χ4v) is 11.2. The van der Waals surface area contributed by atoms with Gasteiger partial charge in [-0.05, 0) is 128 Å². The van der Waals surface area contributed by atoms with Crippen molar-refractivity contribution in [2.45, 2.75) is 329 Å². The summed E-state index contributed by atoms with van der Waals surface area (Å²) in [5.74, 6) is -2.21. The number of phosphoric acid groups is 2. The van der Waals surface area contributed by atoms with E-state index >= 15 is 0 Å². The van der Waals surface area contributed by atoms with Crippen LogP contribution in [0.2, 0.25) is 0 Å². The van der Waals surface area contributed by atoms with Crippen LogP contribution in [0.1, 0.15) is 310 Å². The van der Waals surface area contributed by atoms with Crippen LogP contribution in [0.15, 0.2) is 85.1 Å². The average Bonchev–Trinajstić information content (AvgIpc) is 1.32. The molecule has 0 heterocycles. The first-order valence-electron chi connectivity index (χ1n) is 36.8. The average molecular weight is 1370 g/mol. The summed E-state index contributed by atoms with van der Waals surface area (Å²) >= 11 is 0. The van der Waals surface area contributed by atoms with Gasteiger partial charge in [0.2, 0.25) is 0 Å². The summed E-state index contributed by atoms with van der Waals surface area (Å²) < 4.78 is 68.3. The molecule has 94 heavy (non-hydrogen) atoms. The normalized spacial score (nSPS) is 14.5. The van der Waals surface area contributed by atoms with E-state index in [-0.39, 0.29) is 25.7 Å². The molecule has 5 unspecified atom stereocenters. The van der Waals surface area contributed by atoms with E-state index in [4.69, 9.17) is 37.0 Å². The molecule has 0 fully saturated rings. The Morgan fingerprint density at radius 3 is 0.936 bits per heavy atom. The fraction of sp³-hybridized carbons (Fsp3) is 0.760. The molecule has 0 aliphatic carbocycles. The highest BCUT2D eigenvalue weighted by Crippen LogP contribution is 2.45. The second kappa shape index (κ2) is 67.8. The molecule has 0 aliphatic rings. The molecule has 0 bridgehead atoms. The Kier molecular flexibility index (Phi) is 65.1. The molecule has 5 atom stereocenters. The second-order valence-electron chi connectivity index (χ2n) is 24.5. The van der Waals surface area contributed by atoms with Crippen molar-refractivity contribution in [3.05, 3.63) is 85.1 Å². The molecule has 0 amide bonds. The Labute approximate surface area is 570 Å². The number of esters is 4. The van der Waals surface area contributed by atoms with E-state index in [0.717, 1.165) is 193 Å². The SMILES string of the molecule is CC/C=C\C/C=C\C/C=C\CCCCCCCCCC(=O)OCC(COP(=O)(O)OCC(O)COP(=O)(O)OCC(COC(=O)CCCCCCC/C=C\C/C=C\CCC)OC(=O)CCCCCCC/C=C\CCCCCC)OC(=O)CCCCCCC/C=C\CCCC. The lowest BCUT2D eigenvalue weighted by Gasteiger charge is -2.21. The van der Waals surface area contributed by atoms with Crippen molar-refractivity contribution in [1.82, 2.24) is 0 Å². The van der Waals surface area contributed by atoms with Crippen LogP contribution < -0.4 is 0 Å². The molecule has 0 aliphatic heterocycles. The zero-order chi connectivity index (χ0) is 69.0. The number of hydrogen-bond acceptors (Lipinski definition) is 15. The van der Waals surface area contributed by atoms with Gasteiger partial charge in [-0.15, -0.1) is 0 Å². The van der Waals surface area contributed by atoms with E-state index in [1.54, 1.807) is 0 Å². The lowest BCUT2D eigenvalue weighted by molar-refractivity contribution is -0.161. The Bertz CT molecular complexity index is 2120. The smallest absolute Gasteiger partial charge is 0.462 e. The number of carbonyl (C=O) groups excluding carboxylic acids is 4. The standard InChI is InChI=1S/C75H132O17P2/c1-5-9-13-17-21-25-29-32-33-34-35-38-41-44-48-52-56-60-73(78)86-65-70(91-74(79)61-57-53-49-45-39-28-24-20-16-12-8-4)67-89-93(81,82)87-63-69(76)64-88-94(83,84)90-68-71(92-75(80)62-58-54-50-46-42-37-31-27-23-19-15-11-7-3)66-85-72(77)59-55-51-47-43-40-36-30-26-22-18-14-10-6-2/h9,13-14,18,20-21,24-27,30-33,69-71,76H,5-8,10-12,15-17,19,22-23,28-29,34-68H2,1-4H3,(H,81,82)(H,83,84)/b13-9-,18-14-,24-20-,25-21-,30-26-,31-27-,33-32-. The number of aliphatic hydroxyl groups excluding tert-OH is 1. The molecule has 0 saturated carbocycles. The summed E-state index contributed by atoms with van der Waals surface area (Å²) in [5, 5.41) is 10.6. The molecule has 0 aromatic heterocycles. The Morgan fingerprint density at radius 1 is 0.309 bits per heavy atom. The number of aliphatic hydroxyl groups is 1. The van der Waals surface area contributed by atoms with Gasteiger partial charge >= 0.3 is 39.5 Å². The molecule has 0 aromatic carbocycles. The molecule has 0 rings (SSSR count). The quantitative estimate of drug-likeness (QED) is 0.0169. The highest BCUT2D eigenvalue weighted by molar-refractivity contribution is 7.47. The number of unbranched alkanes of at least 4 members (excludes halogenated alkanes) is 29. The van der Waals surface area contributed by atoms with Crippen molar-refractivity contribution in [2.75, 3.05) is 39.6 Å². The lowest BCUT2D eigenvalue weighted by Crippen LogP contribution is -2.30. The van der Waals surface area contributed by atoms with Crippen molar-refractivity contribution in [2.24, 2.45) is 0 Å². The molecular weight excluding hydrogens is 1230 g/mol. The van der Waals surface area contributed by atoms with Crippen molar-refractivity contribution >= 4 is 39.5 Å². The van der Waals surface area contributed by atoms with Gasteiger partial charge in [-0.3, -0.25) is 37.3 Å². The van der Waals surface area contributed by atoms with Crippen LogP contribution in [0, 0.1) is 0 Å². The zero-order valence-corrected chi connectivity index (χ0v) is 60.9. The van der Waals surface area contributed by atoms with Gasteiger partial charge in [-0.1, -0.05) is 241 Å². The largest absolute Gasteiger partial charge is 0.472 e. The number of hydrogen-bond donors (Lipinski definition) is 3. The minimum atomic E-state index is -4.97. The highest BCUT2D eigenvalue weighted by Gasteiger charge is 2.30. The number of carbonyl (C=O) groups is 4. The minimum absolute atomic E-state index is 0.0828. The maximum absolute atomic E-state index is 13.0. The second-order valence-corrected chi connectivity index (χ2v) is 27.4. The molecule has 0 spiro atoms. The summed E-state index contributed by atoms with van der Waals surface area (Å²) in [6.45, 7) is 4.61. The van der Waals surface area contributed by atoms with Crippen LogP contribution in [-0.2, 0) is 65.4 Å². The number of ether oxygens (including phenoxy) is 4. The maximum atomic E-state index is 13.0. The van der Waals surface area contributed by atoms with Crippen molar-refractivity contribution < 1.29 is 80.2 Å². The van der Waals surface area contributed by atoms with Gasteiger partial charge in [-0.2, -0.15) is 0 Å². The maximum Gasteiger partial charge on any atom is 0.472 e. The van der Waals surface area contributed by atoms with Crippen molar-refractivity contribution in [1.29, 1.82) is 0 Å². The van der Waals surface area contributed by atoms with Crippen LogP contribution in [-0.4, -0.2) is 96.7 Å². The Morgan fingerprint density at radius 2 is 0.585 bits per heavy atom. The third-order valence-electron chi connectivity index (χ3n) is 15.3. The van der Waals surface area contributed by atoms with Crippen LogP contribution in [0.3, 0.4) is 0 Å². The summed E-state index contributed by atoms with van der Waals surface area (Å²) in [7, 11) is -9.94. The summed E-state index contributed by atoms with van der Waals surface area (Å²) in [6.07, 6.45) is 67.3. The summed E-state index contributed by atoms with van der Waals surface area (Å²) in [4.78, 5) is 72.6. The number of phosphoric ester groups is 2. The molecule has 0 aromatic rings. The van der Waals surface area contributed by atoms with Gasteiger partial charge in [-0.25, -0.2) is 9.13 Å². The highest BCUT2D eigenvalue weighted by atomic mass is 31.2. The lowest BCUT2D eigenvalue weighted by atomic mass is 10.1. The van der Waals surface area contributed by atoms with E-state index in [2.05, 4.69) is 113 Å². The first-order chi connectivity index (χ1) is 45.7. The molecular formula is C75H132O17P2. The van der Waals surface area contributed by atoms with Gasteiger partial charge < -0.3 is 33.8 Å². The van der Waals surface area contributed by atoms with E-state index in [1.165, 1.54) is 38.5 Å². The van der Waals surface area contributed by atoms with E-state index in [0.29, 0.717) is 25.7 Å². The number of allylic oxidation sites excluding steroid dienone is 14. The Hall–Kier alpha value is -3.76. The molecule has 19 heteroatoms. The van der Waals surface area contributed by atoms with Crippen LogP contribution in [0.5, 0.6) is 0 Å². The predicted octanol–water partition coefficient (Wildman–Crippen LogP) is 20.7. The fourth-order valence-electron chi connectivity index (χ4n) is 9.66. The Balaban J connectivity index is 5.31. The van der Waals surface area contributed by atoms with Crippen molar-refractivity contribution in [3.8, 4) is 0 Å². The van der Waals surface area contributed by atoms with E-state index in [9.17, 15) is 43.2 Å². The van der Waals surface area contributed by atoms with Gasteiger partial charge in [0.25, 0.3) is 0 Å². The third kappa shape index (κ3) is 66.8. The molecule has 0 saturated heterocycles. The zero-order valence-electron chi connectivity index (χ0n) is 59.1. The van der Waals surface area contributed by atoms with E-state index in [1.807, 2.05) is 0 Å². The van der Waals surface area contributed by atoms with Crippen LogP contribution in [0.25, 0.3) is 0 Å². The predicted molar refractivity (Wildman–Crippen MR) is 381 cm³/mol. The monoisotopic (exact) mass is 1370 g/mol. The van der Waals surface area contributed by atoms with Crippen molar-refractivity contribution in [3.63, 3.8) is 0 Å². The summed E-state index contributed by atoms with van der Waals surface area (Å²) in [5.41, 5.74) is 0. The van der Waals surface area contributed by atoms with Crippen LogP contribution >= 0.6 is 15.6 Å². The first kappa shape index (κ1) is 90.2. The summed E-state index contributed by atoms with van der Waals surface area (Å²) in [6, 6.07) is 0. The van der Waals surface area contributed by atoms with Gasteiger partial charge in [0.05, 0.1) is 26.4 Å². The number of rotatable bonds is 69. The molecule has 544 valence electrons. The van der Waals surface area contributed by atoms with Gasteiger partial charge in [0, 0.05) is 25.7 Å². The van der Waals surface area contributed by atoms with Gasteiger partial charge in [0.1, 0.15) is 19.3 Å². The van der Waals surface area contributed by atoms with E-state index < -0.39 is 97.5 Å².